The van der Waals surface area contributed by atoms with E-state index >= 15 is 0 Å². The first-order valence-corrected chi connectivity index (χ1v) is 5.73. The number of hydrogen-bond acceptors (Lipinski definition) is 5. The Labute approximate surface area is 106 Å². The van der Waals surface area contributed by atoms with E-state index in [0.717, 1.165) is 18.7 Å². The van der Waals surface area contributed by atoms with Crippen LogP contribution in [0.3, 0.4) is 0 Å². The summed E-state index contributed by atoms with van der Waals surface area (Å²) in [6.07, 6.45) is 4.08. The van der Waals surface area contributed by atoms with Crippen LogP contribution in [0.4, 0.5) is 11.6 Å². The van der Waals surface area contributed by atoms with Crippen LogP contribution in [0.2, 0.25) is 0 Å². The van der Waals surface area contributed by atoms with Crippen LogP contribution < -0.4 is 15.8 Å². The zero-order valence-electron chi connectivity index (χ0n) is 10.3. The monoisotopic (exact) mass is 244 g/mol. The number of benzene rings is 1. The molecule has 0 saturated carbocycles. The van der Waals surface area contributed by atoms with E-state index in [1.165, 1.54) is 5.56 Å². The summed E-state index contributed by atoms with van der Waals surface area (Å²) in [5.41, 5.74) is 6.91. The van der Waals surface area contributed by atoms with E-state index in [2.05, 4.69) is 15.3 Å². The van der Waals surface area contributed by atoms with E-state index in [-0.39, 0.29) is 0 Å². The van der Waals surface area contributed by atoms with Gasteiger partial charge in [-0.05, 0) is 24.1 Å². The Kier molecular flexibility index (Phi) is 3.96. The second kappa shape index (κ2) is 5.86. The zero-order chi connectivity index (χ0) is 12.8. The van der Waals surface area contributed by atoms with Crippen molar-refractivity contribution in [1.29, 1.82) is 0 Å². The highest BCUT2D eigenvalue weighted by Gasteiger charge is 2.00. The van der Waals surface area contributed by atoms with Gasteiger partial charge in [0.2, 0.25) is 0 Å². The van der Waals surface area contributed by atoms with E-state index in [1.54, 1.807) is 19.5 Å². The van der Waals surface area contributed by atoms with E-state index in [4.69, 9.17) is 10.5 Å². The summed E-state index contributed by atoms with van der Waals surface area (Å²) in [5, 5.41) is 3.16. The van der Waals surface area contributed by atoms with Crippen LogP contribution in [0.15, 0.2) is 36.7 Å². The van der Waals surface area contributed by atoms with Gasteiger partial charge < -0.3 is 15.8 Å². The molecule has 1 aromatic carbocycles. The molecule has 0 aliphatic heterocycles. The van der Waals surface area contributed by atoms with Gasteiger partial charge in [-0.3, -0.25) is 0 Å². The van der Waals surface area contributed by atoms with Gasteiger partial charge in [0.15, 0.2) is 11.6 Å². The van der Waals surface area contributed by atoms with Gasteiger partial charge in [-0.15, -0.1) is 0 Å². The predicted molar refractivity (Wildman–Crippen MR) is 71.6 cm³/mol. The van der Waals surface area contributed by atoms with Crippen LogP contribution in [0, 0.1) is 0 Å². The molecule has 1 aromatic heterocycles. The van der Waals surface area contributed by atoms with E-state index in [1.807, 2.05) is 24.3 Å². The molecule has 0 aliphatic carbocycles. The minimum atomic E-state index is 0.423. The molecule has 18 heavy (non-hydrogen) atoms. The molecule has 0 atom stereocenters. The fraction of sp³-hybridized carbons (Fsp3) is 0.231. The van der Waals surface area contributed by atoms with Crippen molar-refractivity contribution in [2.75, 3.05) is 24.7 Å². The Balaban J connectivity index is 1.86. The molecule has 0 unspecified atom stereocenters. The van der Waals surface area contributed by atoms with Crippen molar-refractivity contribution < 1.29 is 4.74 Å². The van der Waals surface area contributed by atoms with Crippen LogP contribution in [0.5, 0.6) is 5.75 Å². The highest BCUT2D eigenvalue weighted by molar-refractivity contribution is 5.54. The van der Waals surface area contributed by atoms with Crippen molar-refractivity contribution in [3.05, 3.63) is 42.2 Å². The topological polar surface area (TPSA) is 73.1 Å². The van der Waals surface area contributed by atoms with Gasteiger partial charge in [0.25, 0.3) is 0 Å². The fourth-order valence-electron chi connectivity index (χ4n) is 1.60. The second-order valence-electron chi connectivity index (χ2n) is 3.82. The quantitative estimate of drug-likeness (QED) is 0.837. The van der Waals surface area contributed by atoms with Crippen LogP contribution in [-0.2, 0) is 6.42 Å². The van der Waals surface area contributed by atoms with Crippen molar-refractivity contribution in [2.45, 2.75) is 6.42 Å². The molecule has 0 saturated heterocycles. The smallest absolute Gasteiger partial charge is 0.168 e. The lowest BCUT2D eigenvalue weighted by molar-refractivity contribution is 0.414. The van der Waals surface area contributed by atoms with Gasteiger partial charge in [-0.1, -0.05) is 12.1 Å². The summed E-state index contributed by atoms with van der Waals surface area (Å²) in [4.78, 5) is 8.08. The minimum Gasteiger partial charge on any atom is -0.497 e. The molecule has 2 aromatic rings. The first-order valence-electron chi connectivity index (χ1n) is 5.73. The van der Waals surface area contributed by atoms with Gasteiger partial charge in [0.1, 0.15) is 5.75 Å². The third-order valence-corrected chi connectivity index (χ3v) is 2.59. The molecule has 1 heterocycles. The highest BCUT2D eigenvalue weighted by atomic mass is 16.5. The van der Waals surface area contributed by atoms with Crippen molar-refractivity contribution >= 4 is 11.6 Å². The van der Waals surface area contributed by atoms with Crippen LogP contribution in [-0.4, -0.2) is 23.6 Å². The average Bonchev–Trinajstić information content (AvgIpc) is 2.42. The minimum absolute atomic E-state index is 0.423. The lowest BCUT2D eigenvalue weighted by atomic mass is 10.1. The molecule has 0 aliphatic rings. The molecule has 0 fully saturated rings. The number of anilines is 2. The Morgan fingerprint density at radius 2 is 1.89 bits per heavy atom. The summed E-state index contributed by atoms with van der Waals surface area (Å²) in [6.45, 7) is 0.759. The summed E-state index contributed by atoms with van der Waals surface area (Å²) in [6, 6.07) is 7.99. The van der Waals surface area contributed by atoms with Crippen molar-refractivity contribution in [3.63, 3.8) is 0 Å². The lowest BCUT2D eigenvalue weighted by Crippen LogP contribution is -2.09. The van der Waals surface area contributed by atoms with Gasteiger partial charge in [0.05, 0.1) is 7.11 Å². The number of nitrogens with zero attached hydrogens (tertiary/aromatic N) is 2. The molecule has 94 valence electrons. The number of nitrogens with one attached hydrogen (secondary N) is 1. The number of hydrogen-bond donors (Lipinski definition) is 2. The normalized spacial score (nSPS) is 10.1. The number of nitrogen functional groups attached to an aromatic ring is 1. The maximum atomic E-state index is 5.69. The summed E-state index contributed by atoms with van der Waals surface area (Å²) >= 11 is 0. The second-order valence-corrected chi connectivity index (χ2v) is 3.82. The summed E-state index contributed by atoms with van der Waals surface area (Å²) in [5.74, 6) is 1.92. The van der Waals surface area contributed by atoms with Gasteiger partial charge in [-0.2, -0.15) is 0 Å². The third-order valence-electron chi connectivity index (χ3n) is 2.59. The van der Waals surface area contributed by atoms with Crippen molar-refractivity contribution in [2.24, 2.45) is 0 Å². The van der Waals surface area contributed by atoms with Crippen molar-refractivity contribution in [3.8, 4) is 5.75 Å². The number of aromatic nitrogens is 2. The first kappa shape index (κ1) is 12.2. The highest BCUT2D eigenvalue weighted by Crippen LogP contribution is 2.13. The Bertz CT molecular complexity index is 499. The number of methoxy groups -OCH3 is 1. The fourth-order valence-corrected chi connectivity index (χ4v) is 1.60. The molecular formula is C13H16N4O. The Morgan fingerprint density at radius 1 is 1.17 bits per heavy atom. The van der Waals surface area contributed by atoms with Gasteiger partial charge >= 0.3 is 0 Å². The van der Waals surface area contributed by atoms with Gasteiger partial charge in [0, 0.05) is 18.9 Å². The molecule has 5 nitrogen and oxygen atoms in total. The Morgan fingerprint density at radius 3 is 2.56 bits per heavy atom. The van der Waals surface area contributed by atoms with E-state index in [9.17, 15) is 0 Å². The largest absolute Gasteiger partial charge is 0.497 e. The number of rotatable bonds is 5. The molecule has 5 heteroatoms. The molecule has 3 N–H and O–H groups in total. The summed E-state index contributed by atoms with van der Waals surface area (Å²) < 4.78 is 5.11. The number of ether oxygens (including phenoxy) is 1. The Hall–Kier alpha value is -2.30. The molecule has 0 bridgehead atoms. The molecule has 0 amide bonds. The molecular weight excluding hydrogens is 228 g/mol. The van der Waals surface area contributed by atoms with Gasteiger partial charge in [-0.25, -0.2) is 9.97 Å². The SMILES string of the molecule is COc1ccc(CCNc2nccnc2N)cc1. The molecule has 0 radical (unpaired) electrons. The standard InChI is InChI=1S/C13H16N4O/c1-18-11-4-2-10(3-5-11)6-7-16-13-12(14)15-8-9-17-13/h2-5,8-9H,6-7H2,1H3,(H2,14,15)(H,16,17). The van der Waals surface area contributed by atoms with Crippen LogP contribution in [0.1, 0.15) is 5.56 Å². The summed E-state index contributed by atoms with van der Waals surface area (Å²) in [7, 11) is 1.66. The number of nitrogens with two attached hydrogens (primary N) is 1. The first-order chi connectivity index (χ1) is 8.79. The predicted octanol–water partition coefficient (Wildman–Crippen LogP) is 1.72. The van der Waals surface area contributed by atoms with E-state index < -0.39 is 0 Å². The average molecular weight is 244 g/mol. The van der Waals surface area contributed by atoms with Crippen LogP contribution in [0.25, 0.3) is 0 Å². The maximum Gasteiger partial charge on any atom is 0.168 e. The molecule has 2 rings (SSSR count). The third kappa shape index (κ3) is 3.10. The maximum absolute atomic E-state index is 5.69. The molecule has 0 spiro atoms. The zero-order valence-corrected chi connectivity index (χ0v) is 10.3. The van der Waals surface area contributed by atoms with Crippen LogP contribution >= 0.6 is 0 Å². The van der Waals surface area contributed by atoms with Crippen molar-refractivity contribution in [1.82, 2.24) is 9.97 Å². The van der Waals surface area contributed by atoms with E-state index in [0.29, 0.717) is 11.6 Å². The lowest BCUT2D eigenvalue weighted by Gasteiger charge is -2.07.